The van der Waals surface area contributed by atoms with E-state index in [4.69, 9.17) is 25.8 Å². The van der Waals surface area contributed by atoms with E-state index in [1.54, 1.807) is 12.1 Å². The van der Waals surface area contributed by atoms with Crippen molar-refractivity contribution in [3.8, 4) is 17.2 Å². The molecular weight excluding hydrogens is 740 g/mol. The molecule has 2 aliphatic heterocycles. The van der Waals surface area contributed by atoms with Gasteiger partial charge in [-0.25, -0.2) is 4.79 Å². The predicted octanol–water partition coefficient (Wildman–Crippen LogP) is 8.14. The van der Waals surface area contributed by atoms with E-state index in [9.17, 15) is 14.7 Å². The van der Waals surface area contributed by atoms with Crippen molar-refractivity contribution in [2.45, 2.75) is 108 Å². The fourth-order valence-corrected chi connectivity index (χ4v) is 11.1. The number of carbonyl (C=O) groups is 2. The molecule has 57 heavy (non-hydrogen) atoms. The SMILES string of the molecule is CCN1CC(CN(C)C[C@H]2COc3cc4c(cc3O2)C2(CCC(Nc3cccc(Cl)c3)(C(=O)O)CC2)[C@@H](C[C@@H](C)COc2ccnc3c2[C@H](C)CCC3)C4)CC1=O. The summed E-state index contributed by atoms with van der Waals surface area (Å²) >= 11 is 6.33. The van der Waals surface area contributed by atoms with Crippen LogP contribution in [0.5, 0.6) is 17.2 Å². The number of carboxylic acid groups (broad SMARTS) is 1. The molecule has 1 unspecified atom stereocenters. The topological polar surface area (TPSA) is 113 Å². The number of aromatic nitrogens is 1. The Morgan fingerprint density at radius 1 is 1.14 bits per heavy atom. The van der Waals surface area contributed by atoms with Gasteiger partial charge in [-0.3, -0.25) is 9.78 Å². The molecule has 0 radical (unpaired) electrons. The van der Waals surface area contributed by atoms with E-state index in [0.29, 0.717) is 61.8 Å². The predicted molar refractivity (Wildman–Crippen MR) is 222 cm³/mol. The third kappa shape index (κ3) is 8.05. The number of rotatable bonds is 13. The summed E-state index contributed by atoms with van der Waals surface area (Å²) in [6, 6.07) is 13.8. The normalized spacial score (nSPS) is 28.3. The molecule has 11 heteroatoms. The molecule has 2 N–H and O–H groups in total. The Balaban J connectivity index is 1.02. The number of carboxylic acids is 1. The van der Waals surface area contributed by atoms with E-state index in [2.05, 4.69) is 48.2 Å². The van der Waals surface area contributed by atoms with E-state index in [1.807, 2.05) is 36.2 Å². The van der Waals surface area contributed by atoms with Gasteiger partial charge in [0.05, 0.1) is 6.61 Å². The minimum atomic E-state index is -1.10. The number of anilines is 1. The van der Waals surface area contributed by atoms with Crippen molar-refractivity contribution in [3.63, 3.8) is 0 Å². The van der Waals surface area contributed by atoms with Gasteiger partial charge >= 0.3 is 5.97 Å². The molecule has 1 saturated carbocycles. The van der Waals surface area contributed by atoms with Gasteiger partial charge in [0.15, 0.2) is 11.5 Å². The summed E-state index contributed by atoms with van der Waals surface area (Å²) in [4.78, 5) is 34.4. The molecule has 3 aromatic rings. The molecule has 2 aromatic carbocycles. The second kappa shape index (κ2) is 16.3. The molecule has 1 spiro atoms. The van der Waals surface area contributed by atoms with E-state index >= 15 is 0 Å². The zero-order valence-corrected chi connectivity index (χ0v) is 34.8. The molecule has 3 aliphatic carbocycles. The van der Waals surface area contributed by atoms with Crippen molar-refractivity contribution in [1.29, 1.82) is 0 Å². The molecule has 0 bridgehead atoms. The Morgan fingerprint density at radius 3 is 2.72 bits per heavy atom. The molecule has 5 aliphatic rings. The maximum absolute atomic E-state index is 13.1. The van der Waals surface area contributed by atoms with Crippen molar-refractivity contribution in [1.82, 2.24) is 14.8 Å². The standard InChI is InChI=1S/C46H59ClN4O6/c1-5-51-25-31(19-42(51)52)24-50(4)26-36-28-56-40-21-32-20-33(18-29(2)27-55-39-12-17-48-38-11-6-8-30(3)43(38)39)45(37(32)23-41(40)57-36)13-15-46(16-14-45,44(53)54)49-35-10-7-9-34(47)22-35/h7,9-10,12,17,21-23,29-31,33,36,49H,5-6,8,11,13-16,18-20,24-28H2,1-4H3,(H,53,54)/t29-,30-,31?,33+,36+,45?,46?/m1/s1. The van der Waals surface area contributed by atoms with Crippen molar-refractivity contribution in [2.75, 3.05) is 51.8 Å². The van der Waals surface area contributed by atoms with Crippen LogP contribution < -0.4 is 19.5 Å². The molecule has 10 nitrogen and oxygen atoms in total. The zero-order valence-electron chi connectivity index (χ0n) is 34.0. The summed E-state index contributed by atoms with van der Waals surface area (Å²) in [5.41, 5.74) is 4.41. The molecule has 8 rings (SSSR count). The first-order chi connectivity index (χ1) is 27.4. The highest BCUT2D eigenvalue weighted by molar-refractivity contribution is 6.30. The Bertz CT molecular complexity index is 1960. The first-order valence-electron chi connectivity index (χ1n) is 21.3. The number of nitrogens with one attached hydrogen (secondary N) is 1. The minimum Gasteiger partial charge on any atom is -0.493 e. The van der Waals surface area contributed by atoms with Crippen LogP contribution in [-0.4, -0.2) is 89.9 Å². The van der Waals surface area contributed by atoms with Crippen LogP contribution in [-0.2, 0) is 27.8 Å². The number of aliphatic carboxylic acids is 1. The quantitative estimate of drug-likeness (QED) is 0.177. The molecular formula is C46H59ClN4O6. The molecule has 306 valence electrons. The number of aryl methyl sites for hydroxylation is 1. The Hall–Kier alpha value is -4.02. The van der Waals surface area contributed by atoms with Gasteiger partial charge in [-0.15, -0.1) is 0 Å². The summed E-state index contributed by atoms with van der Waals surface area (Å²) in [5.74, 6) is 3.29. The van der Waals surface area contributed by atoms with E-state index in [-0.39, 0.29) is 23.3 Å². The summed E-state index contributed by atoms with van der Waals surface area (Å²) in [6.07, 6.45) is 9.98. The van der Waals surface area contributed by atoms with Gasteiger partial charge in [0, 0.05) is 60.8 Å². The van der Waals surface area contributed by atoms with Crippen LogP contribution in [0.15, 0.2) is 48.7 Å². The number of amides is 1. The lowest BCUT2D eigenvalue weighted by Crippen LogP contribution is -2.53. The molecule has 1 saturated heterocycles. The van der Waals surface area contributed by atoms with E-state index in [0.717, 1.165) is 81.1 Å². The van der Waals surface area contributed by atoms with E-state index < -0.39 is 11.5 Å². The number of pyridine rings is 1. The number of carbonyl (C=O) groups excluding carboxylic acids is 1. The van der Waals surface area contributed by atoms with Crippen molar-refractivity contribution in [3.05, 3.63) is 76.1 Å². The van der Waals surface area contributed by atoms with E-state index in [1.165, 1.54) is 28.8 Å². The second-order valence-electron chi connectivity index (χ2n) is 17.9. The Morgan fingerprint density at radius 2 is 1.96 bits per heavy atom. The average Bonchev–Trinajstić information content (AvgIpc) is 3.68. The van der Waals surface area contributed by atoms with Gasteiger partial charge in [0.1, 0.15) is 24.0 Å². The fraction of sp³-hybridized carbons (Fsp3) is 0.587. The van der Waals surface area contributed by atoms with Gasteiger partial charge in [0.2, 0.25) is 5.91 Å². The van der Waals surface area contributed by atoms with Crippen molar-refractivity contribution < 1.29 is 28.9 Å². The first kappa shape index (κ1) is 39.8. The average molecular weight is 799 g/mol. The summed E-state index contributed by atoms with van der Waals surface area (Å²) in [6.45, 7) is 10.8. The zero-order chi connectivity index (χ0) is 39.9. The fourth-order valence-electron chi connectivity index (χ4n) is 10.9. The summed E-state index contributed by atoms with van der Waals surface area (Å²) in [5, 5.41) is 14.7. The Labute approximate surface area is 342 Å². The highest BCUT2D eigenvalue weighted by atomic mass is 35.5. The van der Waals surface area contributed by atoms with Crippen LogP contribution in [0, 0.1) is 17.8 Å². The van der Waals surface area contributed by atoms with Gasteiger partial charge in [-0.05, 0) is 148 Å². The Kier molecular flexibility index (Phi) is 11.4. The first-order valence-corrected chi connectivity index (χ1v) is 21.6. The van der Waals surface area contributed by atoms with Crippen LogP contribution in [0.3, 0.4) is 0 Å². The molecule has 3 heterocycles. The van der Waals surface area contributed by atoms with Gasteiger partial charge in [-0.1, -0.05) is 31.5 Å². The third-order valence-electron chi connectivity index (χ3n) is 13.8. The monoisotopic (exact) mass is 798 g/mol. The number of benzene rings is 2. The second-order valence-corrected chi connectivity index (χ2v) is 18.4. The number of hydrogen-bond acceptors (Lipinski definition) is 8. The number of likely N-dealkylation sites (N-methyl/N-ethyl adjacent to an activating group) is 1. The summed E-state index contributed by atoms with van der Waals surface area (Å²) < 4.78 is 19.8. The largest absolute Gasteiger partial charge is 0.493 e. The lowest BCUT2D eigenvalue weighted by molar-refractivity contribution is -0.144. The highest BCUT2D eigenvalue weighted by Crippen LogP contribution is 2.58. The van der Waals surface area contributed by atoms with Gasteiger partial charge in [0.25, 0.3) is 0 Å². The number of nitrogens with zero attached hydrogens (tertiary/aromatic N) is 3. The van der Waals surface area contributed by atoms with Gasteiger partial charge in [-0.2, -0.15) is 0 Å². The van der Waals surface area contributed by atoms with Crippen molar-refractivity contribution >= 4 is 29.2 Å². The minimum absolute atomic E-state index is 0.139. The van der Waals surface area contributed by atoms with Crippen LogP contribution in [0.25, 0.3) is 0 Å². The number of ether oxygens (including phenoxy) is 3. The number of halogens is 1. The molecule has 1 amide bonds. The highest BCUT2D eigenvalue weighted by Gasteiger charge is 2.54. The number of likely N-dealkylation sites (tertiary alicyclic amines) is 1. The van der Waals surface area contributed by atoms with Crippen LogP contribution in [0.2, 0.25) is 5.02 Å². The lowest BCUT2D eigenvalue weighted by atomic mass is 9.59. The molecule has 5 atom stereocenters. The van der Waals surface area contributed by atoms with Crippen LogP contribution in [0.4, 0.5) is 5.69 Å². The van der Waals surface area contributed by atoms with Crippen molar-refractivity contribution in [2.24, 2.45) is 17.8 Å². The van der Waals surface area contributed by atoms with Gasteiger partial charge < -0.3 is 34.4 Å². The van der Waals surface area contributed by atoms with Crippen LogP contribution >= 0.6 is 11.6 Å². The maximum Gasteiger partial charge on any atom is 0.329 e. The lowest BCUT2D eigenvalue weighted by Gasteiger charge is -2.47. The van der Waals surface area contributed by atoms with Crippen LogP contribution in [0.1, 0.15) is 100 Å². The molecule has 2 fully saturated rings. The summed E-state index contributed by atoms with van der Waals surface area (Å²) in [7, 11) is 2.10. The number of fused-ring (bicyclic) bond motifs is 4. The maximum atomic E-state index is 13.1. The molecule has 1 aromatic heterocycles. The number of hydrogen-bond donors (Lipinski definition) is 2. The third-order valence-corrected chi connectivity index (χ3v) is 14.1. The smallest absolute Gasteiger partial charge is 0.329 e.